The van der Waals surface area contributed by atoms with Gasteiger partial charge in [0.05, 0.1) is 11.9 Å². The second kappa shape index (κ2) is 4.17. The summed E-state index contributed by atoms with van der Waals surface area (Å²) < 4.78 is 2.79. The van der Waals surface area contributed by atoms with Crippen LogP contribution in [0.1, 0.15) is 6.42 Å². The molecule has 0 fully saturated rings. The number of carbonyl (C=O) groups is 1. The van der Waals surface area contributed by atoms with Gasteiger partial charge in [0.15, 0.2) is 0 Å². The van der Waals surface area contributed by atoms with Crippen molar-refractivity contribution in [3.05, 3.63) is 32.3 Å². The van der Waals surface area contributed by atoms with Gasteiger partial charge < -0.3 is 5.11 Å². The van der Waals surface area contributed by atoms with Gasteiger partial charge in [-0.05, 0) is 11.4 Å². The molecule has 2 rings (SSSR count). The number of thiophene rings is 1. The lowest BCUT2D eigenvalue weighted by Crippen LogP contribution is -2.39. The summed E-state index contributed by atoms with van der Waals surface area (Å²) in [5.74, 6) is -1.04. The van der Waals surface area contributed by atoms with Crippen LogP contribution in [0.25, 0.3) is 10.2 Å². The third kappa shape index (κ3) is 1.89. The van der Waals surface area contributed by atoms with Crippen LogP contribution in [0.15, 0.2) is 21.0 Å². The lowest BCUT2D eigenvalue weighted by molar-refractivity contribution is -0.137. The predicted octanol–water partition coefficient (Wildman–Crippen LogP) is 0.236. The summed E-state index contributed by atoms with van der Waals surface area (Å²) >= 11 is 1.24. The molecule has 0 unspecified atom stereocenters. The molecule has 90 valence electrons. The van der Waals surface area contributed by atoms with E-state index in [1.165, 1.54) is 15.9 Å². The molecule has 17 heavy (non-hydrogen) atoms. The maximum Gasteiger partial charge on any atom is 0.331 e. The molecule has 2 aromatic rings. The molecule has 0 saturated heterocycles. The third-order valence-electron chi connectivity index (χ3n) is 2.51. The summed E-state index contributed by atoms with van der Waals surface area (Å²) in [6.45, 7) is -0.103. The van der Waals surface area contributed by atoms with E-state index in [1.54, 1.807) is 18.5 Å². The first kappa shape index (κ1) is 11.6. The normalized spacial score (nSPS) is 10.9. The molecule has 0 atom stereocenters. The average molecular weight is 254 g/mol. The molecule has 2 aromatic heterocycles. The minimum Gasteiger partial charge on any atom is -0.481 e. The van der Waals surface area contributed by atoms with Gasteiger partial charge in [0.25, 0.3) is 5.56 Å². The molecule has 0 amide bonds. The van der Waals surface area contributed by atoms with Gasteiger partial charge in [-0.1, -0.05) is 0 Å². The Morgan fingerprint density at radius 3 is 2.82 bits per heavy atom. The van der Waals surface area contributed by atoms with Crippen molar-refractivity contribution >= 4 is 27.5 Å². The summed E-state index contributed by atoms with van der Waals surface area (Å²) in [6, 6.07) is 1.70. The summed E-state index contributed by atoms with van der Waals surface area (Å²) in [4.78, 5) is 34.3. The highest BCUT2D eigenvalue weighted by Crippen LogP contribution is 2.13. The van der Waals surface area contributed by atoms with E-state index in [2.05, 4.69) is 0 Å². The first-order chi connectivity index (χ1) is 8.02. The molecule has 0 aliphatic rings. The molecule has 7 heteroatoms. The monoisotopic (exact) mass is 254 g/mol. The van der Waals surface area contributed by atoms with Gasteiger partial charge in [-0.3, -0.25) is 18.7 Å². The smallest absolute Gasteiger partial charge is 0.331 e. The number of aryl methyl sites for hydroxylation is 1. The number of rotatable bonds is 3. The van der Waals surface area contributed by atoms with Crippen LogP contribution in [0.2, 0.25) is 0 Å². The van der Waals surface area contributed by atoms with Crippen LogP contribution in [0.3, 0.4) is 0 Å². The third-order valence-corrected chi connectivity index (χ3v) is 3.40. The van der Waals surface area contributed by atoms with Crippen LogP contribution in [0.5, 0.6) is 0 Å². The highest BCUT2D eigenvalue weighted by molar-refractivity contribution is 7.17. The molecule has 0 aliphatic heterocycles. The number of fused-ring (bicyclic) bond motifs is 1. The Morgan fingerprint density at radius 1 is 1.47 bits per heavy atom. The van der Waals surface area contributed by atoms with E-state index >= 15 is 0 Å². The SMILES string of the molecule is Cn1c(=O)n(CCC(=O)O)c(=O)c2sccc21. The molecule has 0 spiro atoms. The van der Waals surface area contributed by atoms with Gasteiger partial charge in [-0.15, -0.1) is 11.3 Å². The number of aliphatic carboxylic acids is 1. The van der Waals surface area contributed by atoms with Gasteiger partial charge in [-0.2, -0.15) is 0 Å². The van der Waals surface area contributed by atoms with Crippen LogP contribution in [-0.2, 0) is 18.4 Å². The van der Waals surface area contributed by atoms with Crippen molar-refractivity contribution in [2.24, 2.45) is 7.05 Å². The van der Waals surface area contributed by atoms with E-state index in [0.717, 1.165) is 4.57 Å². The number of hydrogen-bond acceptors (Lipinski definition) is 4. The molecule has 0 saturated carbocycles. The highest BCUT2D eigenvalue weighted by Gasteiger charge is 2.12. The summed E-state index contributed by atoms with van der Waals surface area (Å²) in [7, 11) is 1.56. The number of carboxylic acids is 1. The minimum absolute atomic E-state index is 0.103. The second-order valence-corrected chi connectivity index (χ2v) is 4.49. The lowest BCUT2D eigenvalue weighted by Gasteiger charge is -2.06. The van der Waals surface area contributed by atoms with Crippen molar-refractivity contribution in [1.29, 1.82) is 0 Å². The van der Waals surface area contributed by atoms with E-state index in [-0.39, 0.29) is 13.0 Å². The zero-order valence-corrected chi connectivity index (χ0v) is 9.86. The van der Waals surface area contributed by atoms with E-state index in [1.807, 2.05) is 0 Å². The fraction of sp³-hybridized carbons (Fsp3) is 0.300. The Kier molecular flexibility index (Phi) is 2.84. The fourth-order valence-electron chi connectivity index (χ4n) is 1.62. The standard InChI is InChI=1S/C10H10N2O4S/c1-11-6-3-5-17-8(6)9(15)12(10(11)16)4-2-7(13)14/h3,5H,2,4H2,1H3,(H,13,14). The van der Waals surface area contributed by atoms with Crippen LogP contribution in [0.4, 0.5) is 0 Å². The zero-order chi connectivity index (χ0) is 12.6. The van der Waals surface area contributed by atoms with Crippen LogP contribution < -0.4 is 11.2 Å². The zero-order valence-electron chi connectivity index (χ0n) is 9.04. The van der Waals surface area contributed by atoms with Crippen molar-refractivity contribution in [3.63, 3.8) is 0 Å². The molecule has 0 radical (unpaired) electrons. The fourth-order valence-corrected chi connectivity index (χ4v) is 2.49. The van der Waals surface area contributed by atoms with E-state index in [4.69, 9.17) is 5.11 Å². The maximum atomic E-state index is 11.9. The number of nitrogens with zero attached hydrogens (tertiary/aromatic N) is 2. The number of hydrogen-bond donors (Lipinski definition) is 1. The second-order valence-electron chi connectivity index (χ2n) is 3.58. The highest BCUT2D eigenvalue weighted by atomic mass is 32.1. The predicted molar refractivity (Wildman–Crippen MR) is 63.6 cm³/mol. The van der Waals surface area contributed by atoms with Crippen molar-refractivity contribution in [3.8, 4) is 0 Å². The van der Waals surface area contributed by atoms with Crippen LogP contribution in [-0.4, -0.2) is 20.2 Å². The lowest BCUT2D eigenvalue weighted by atomic mass is 10.4. The van der Waals surface area contributed by atoms with Crippen molar-refractivity contribution in [2.75, 3.05) is 0 Å². The largest absolute Gasteiger partial charge is 0.481 e. The first-order valence-corrected chi connectivity index (χ1v) is 5.79. The molecular weight excluding hydrogens is 244 g/mol. The topological polar surface area (TPSA) is 81.3 Å². The summed E-state index contributed by atoms with van der Waals surface area (Å²) in [5, 5.41) is 10.3. The van der Waals surface area contributed by atoms with Crippen molar-refractivity contribution in [2.45, 2.75) is 13.0 Å². The van der Waals surface area contributed by atoms with Crippen molar-refractivity contribution in [1.82, 2.24) is 9.13 Å². The summed E-state index contributed by atoms with van der Waals surface area (Å²) in [6.07, 6.45) is -0.244. The van der Waals surface area contributed by atoms with Gasteiger partial charge in [-0.25, -0.2) is 4.79 Å². The molecular formula is C10H10N2O4S. The Labute approximate surface area is 99.4 Å². The molecule has 0 bridgehead atoms. The van der Waals surface area contributed by atoms with E-state index in [0.29, 0.717) is 10.2 Å². The van der Waals surface area contributed by atoms with Crippen LogP contribution in [0, 0.1) is 0 Å². The minimum atomic E-state index is -1.04. The van der Waals surface area contributed by atoms with Gasteiger partial charge in [0.1, 0.15) is 4.70 Å². The average Bonchev–Trinajstić information content (AvgIpc) is 2.75. The molecule has 0 aliphatic carbocycles. The molecule has 6 nitrogen and oxygen atoms in total. The van der Waals surface area contributed by atoms with Gasteiger partial charge in [0.2, 0.25) is 0 Å². The van der Waals surface area contributed by atoms with Crippen LogP contribution >= 0.6 is 11.3 Å². The Morgan fingerprint density at radius 2 is 2.18 bits per heavy atom. The summed E-state index contributed by atoms with van der Waals surface area (Å²) in [5.41, 5.74) is -0.321. The quantitative estimate of drug-likeness (QED) is 0.850. The van der Waals surface area contributed by atoms with E-state index in [9.17, 15) is 14.4 Å². The molecule has 2 heterocycles. The number of carboxylic acid groups (broad SMARTS) is 1. The van der Waals surface area contributed by atoms with Gasteiger partial charge >= 0.3 is 11.7 Å². The number of aromatic nitrogens is 2. The molecule has 0 aromatic carbocycles. The van der Waals surface area contributed by atoms with Crippen molar-refractivity contribution < 1.29 is 9.90 Å². The first-order valence-electron chi connectivity index (χ1n) is 4.91. The van der Waals surface area contributed by atoms with E-state index < -0.39 is 17.2 Å². The Bertz CT molecular complexity index is 694. The Balaban J connectivity index is 2.66. The maximum absolute atomic E-state index is 11.9. The Hall–Kier alpha value is -1.89. The molecule has 1 N–H and O–H groups in total. The van der Waals surface area contributed by atoms with Gasteiger partial charge in [0, 0.05) is 13.6 Å².